The smallest absolute Gasteiger partial charge is 0.0622 e. The number of nitrogens with zero attached hydrogens (tertiary/aromatic N) is 1. The largest absolute Gasteiger partial charge is 0.380 e. The van der Waals surface area contributed by atoms with Gasteiger partial charge in [-0.2, -0.15) is 0 Å². The van der Waals surface area contributed by atoms with E-state index in [0.29, 0.717) is 6.04 Å². The average Bonchev–Trinajstić information content (AvgIpc) is 2.92. The summed E-state index contributed by atoms with van der Waals surface area (Å²) in [7, 11) is 2.29. The molecule has 1 N–H and O–H groups in total. The summed E-state index contributed by atoms with van der Waals surface area (Å²) < 4.78 is 5.52. The molecule has 1 saturated heterocycles. The lowest BCUT2D eigenvalue weighted by atomic mass is 9.78. The van der Waals surface area contributed by atoms with Crippen LogP contribution in [0.3, 0.4) is 0 Å². The average molecular weight is 268 g/mol. The number of hydrogen-bond donors (Lipinski definition) is 1. The van der Waals surface area contributed by atoms with Gasteiger partial charge in [0.15, 0.2) is 0 Å². The molecule has 2 aliphatic rings. The molecule has 1 aliphatic heterocycles. The Labute approximate surface area is 119 Å². The highest BCUT2D eigenvalue weighted by Gasteiger charge is 2.31. The highest BCUT2D eigenvalue weighted by atomic mass is 16.5. The van der Waals surface area contributed by atoms with Gasteiger partial charge < -0.3 is 15.0 Å². The zero-order chi connectivity index (χ0) is 13.7. The Morgan fingerprint density at radius 3 is 2.79 bits per heavy atom. The highest BCUT2D eigenvalue weighted by Crippen LogP contribution is 2.30. The number of rotatable bonds is 6. The molecule has 0 spiro atoms. The van der Waals surface area contributed by atoms with Gasteiger partial charge in [-0.1, -0.05) is 13.8 Å². The highest BCUT2D eigenvalue weighted by molar-refractivity contribution is 4.86. The van der Waals surface area contributed by atoms with Gasteiger partial charge in [-0.15, -0.1) is 0 Å². The van der Waals surface area contributed by atoms with Crippen molar-refractivity contribution in [2.24, 2.45) is 11.8 Å². The van der Waals surface area contributed by atoms with Crippen LogP contribution >= 0.6 is 0 Å². The molecule has 0 amide bonds. The molecule has 4 unspecified atom stereocenters. The van der Waals surface area contributed by atoms with E-state index in [2.05, 4.69) is 31.1 Å². The number of ether oxygens (including phenoxy) is 1. The molecule has 19 heavy (non-hydrogen) atoms. The van der Waals surface area contributed by atoms with E-state index in [-0.39, 0.29) is 0 Å². The minimum absolute atomic E-state index is 0.657. The first-order valence-electron chi connectivity index (χ1n) is 8.22. The summed E-state index contributed by atoms with van der Waals surface area (Å²) in [5, 5.41) is 3.78. The summed E-state index contributed by atoms with van der Waals surface area (Å²) in [6, 6.07) is 1.39. The zero-order valence-electron chi connectivity index (χ0n) is 13.0. The van der Waals surface area contributed by atoms with E-state index in [1.54, 1.807) is 0 Å². The molecule has 1 heterocycles. The van der Waals surface area contributed by atoms with Crippen LogP contribution in [0.15, 0.2) is 0 Å². The van der Waals surface area contributed by atoms with Crippen molar-refractivity contribution in [3.05, 3.63) is 0 Å². The van der Waals surface area contributed by atoms with Crippen LogP contribution in [0.1, 0.15) is 46.0 Å². The first kappa shape index (κ1) is 15.3. The molecule has 0 bridgehead atoms. The van der Waals surface area contributed by atoms with Crippen molar-refractivity contribution in [1.29, 1.82) is 0 Å². The second-order valence-corrected chi connectivity index (χ2v) is 6.70. The molecule has 2 fully saturated rings. The summed E-state index contributed by atoms with van der Waals surface area (Å²) in [4.78, 5) is 2.55. The van der Waals surface area contributed by atoms with Crippen LogP contribution in [0.2, 0.25) is 0 Å². The summed E-state index contributed by atoms with van der Waals surface area (Å²) in [6.07, 6.45) is 6.60. The van der Waals surface area contributed by atoms with Gasteiger partial charge >= 0.3 is 0 Å². The van der Waals surface area contributed by atoms with E-state index < -0.39 is 0 Å². The second-order valence-electron chi connectivity index (χ2n) is 6.70. The molecule has 0 aromatic rings. The molecule has 112 valence electrons. The second kappa shape index (κ2) is 7.61. The fourth-order valence-corrected chi connectivity index (χ4v) is 3.69. The van der Waals surface area contributed by atoms with Crippen LogP contribution in [0.25, 0.3) is 0 Å². The monoisotopic (exact) mass is 268 g/mol. The number of hydrogen-bond acceptors (Lipinski definition) is 3. The fourth-order valence-electron chi connectivity index (χ4n) is 3.69. The van der Waals surface area contributed by atoms with Crippen molar-refractivity contribution < 1.29 is 4.74 Å². The molecule has 1 aliphatic carbocycles. The molecule has 3 heteroatoms. The first-order valence-corrected chi connectivity index (χ1v) is 8.22. The molecule has 4 atom stereocenters. The lowest BCUT2D eigenvalue weighted by molar-refractivity contribution is 0.118. The van der Waals surface area contributed by atoms with Crippen molar-refractivity contribution in [1.82, 2.24) is 10.2 Å². The predicted molar refractivity (Wildman–Crippen MR) is 80.4 cm³/mol. The Hall–Kier alpha value is -0.120. The normalized spacial score (nSPS) is 36.0. The number of likely N-dealkylation sites (N-methyl/N-ethyl adjacent to an activating group) is 1. The van der Waals surface area contributed by atoms with Crippen molar-refractivity contribution >= 4 is 0 Å². The van der Waals surface area contributed by atoms with Gasteiger partial charge in [-0.3, -0.25) is 0 Å². The lowest BCUT2D eigenvalue weighted by Crippen LogP contribution is -2.47. The topological polar surface area (TPSA) is 24.5 Å². The zero-order valence-corrected chi connectivity index (χ0v) is 13.0. The molecule has 0 aromatic carbocycles. The first-order chi connectivity index (χ1) is 9.20. The van der Waals surface area contributed by atoms with E-state index in [1.807, 2.05) is 0 Å². The van der Waals surface area contributed by atoms with E-state index in [4.69, 9.17) is 4.74 Å². The maximum atomic E-state index is 5.52. The summed E-state index contributed by atoms with van der Waals surface area (Å²) in [5.41, 5.74) is 0. The third-order valence-electron chi connectivity index (χ3n) is 4.95. The Morgan fingerprint density at radius 1 is 1.26 bits per heavy atom. The third kappa shape index (κ3) is 4.44. The maximum Gasteiger partial charge on any atom is 0.0622 e. The van der Waals surface area contributed by atoms with Gasteiger partial charge in [-0.05, 0) is 57.5 Å². The maximum absolute atomic E-state index is 5.52. The number of nitrogens with one attached hydrogen (secondary N) is 1. The van der Waals surface area contributed by atoms with E-state index in [1.165, 1.54) is 45.2 Å². The molecule has 0 radical (unpaired) electrons. The van der Waals surface area contributed by atoms with E-state index >= 15 is 0 Å². The molecular formula is C16H32N2O. The van der Waals surface area contributed by atoms with E-state index in [9.17, 15) is 0 Å². The quantitative estimate of drug-likeness (QED) is 0.801. The SMILES string of the molecule is CCCNC1CCC(C)CC1CN(C)C1CCOC1. The van der Waals surface area contributed by atoms with Crippen LogP contribution in [0, 0.1) is 11.8 Å². The Bertz CT molecular complexity index is 251. The van der Waals surface area contributed by atoms with Crippen molar-refractivity contribution in [2.75, 3.05) is 33.4 Å². The molecular weight excluding hydrogens is 236 g/mol. The van der Waals surface area contributed by atoms with Crippen molar-refractivity contribution in [2.45, 2.75) is 58.0 Å². The minimum atomic E-state index is 0.657. The van der Waals surface area contributed by atoms with Gasteiger partial charge in [0.2, 0.25) is 0 Å². The van der Waals surface area contributed by atoms with Crippen molar-refractivity contribution in [3.8, 4) is 0 Å². The summed E-state index contributed by atoms with van der Waals surface area (Å²) in [5.74, 6) is 1.72. The molecule has 1 saturated carbocycles. The molecule has 2 rings (SSSR count). The lowest BCUT2D eigenvalue weighted by Gasteiger charge is -2.39. The van der Waals surface area contributed by atoms with Gasteiger partial charge in [0.05, 0.1) is 6.61 Å². The Kier molecular flexibility index (Phi) is 6.11. The van der Waals surface area contributed by atoms with Crippen LogP contribution in [0.4, 0.5) is 0 Å². The van der Waals surface area contributed by atoms with Crippen LogP contribution in [-0.2, 0) is 4.74 Å². The van der Waals surface area contributed by atoms with Gasteiger partial charge in [-0.25, -0.2) is 0 Å². The Balaban J connectivity index is 1.85. The predicted octanol–water partition coefficient (Wildman–Crippen LogP) is 2.51. The minimum Gasteiger partial charge on any atom is -0.380 e. The Morgan fingerprint density at radius 2 is 2.11 bits per heavy atom. The standard InChI is InChI=1S/C16H32N2O/c1-4-8-17-16-6-5-13(2)10-14(16)11-18(3)15-7-9-19-12-15/h13-17H,4-12H2,1-3H3. The third-order valence-corrected chi connectivity index (χ3v) is 4.95. The van der Waals surface area contributed by atoms with Crippen LogP contribution < -0.4 is 5.32 Å². The molecule has 0 aromatic heterocycles. The van der Waals surface area contributed by atoms with Gasteiger partial charge in [0.1, 0.15) is 0 Å². The van der Waals surface area contributed by atoms with Crippen LogP contribution in [0.5, 0.6) is 0 Å². The fraction of sp³-hybridized carbons (Fsp3) is 1.00. The molecule has 3 nitrogen and oxygen atoms in total. The van der Waals surface area contributed by atoms with Gasteiger partial charge in [0, 0.05) is 25.2 Å². The summed E-state index contributed by atoms with van der Waals surface area (Å²) >= 11 is 0. The van der Waals surface area contributed by atoms with Crippen LogP contribution in [-0.4, -0.2) is 50.3 Å². The summed E-state index contributed by atoms with van der Waals surface area (Å²) in [6.45, 7) is 8.97. The van der Waals surface area contributed by atoms with Crippen molar-refractivity contribution in [3.63, 3.8) is 0 Å². The van der Waals surface area contributed by atoms with Gasteiger partial charge in [0.25, 0.3) is 0 Å². The van der Waals surface area contributed by atoms with E-state index in [0.717, 1.165) is 31.1 Å².